The van der Waals surface area contributed by atoms with Gasteiger partial charge in [0, 0.05) is 19.3 Å². The van der Waals surface area contributed by atoms with Crippen molar-refractivity contribution in [2.75, 3.05) is 6.61 Å². The van der Waals surface area contributed by atoms with Crippen molar-refractivity contribution < 1.29 is 29.4 Å². The molecule has 0 aromatic rings. The van der Waals surface area contributed by atoms with E-state index in [4.69, 9.17) is 10.8 Å². The van der Waals surface area contributed by atoms with Gasteiger partial charge in [0.25, 0.3) is 5.09 Å². The minimum Gasteiger partial charge on any atom is -0.481 e. The van der Waals surface area contributed by atoms with Gasteiger partial charge in [0.2, 0.25) is 5.91 Å². The number of rotatable bonds is 10. The van der Waals surface area contributed by atoms with Gasteiger partial charge in [-0.1, -0.05) is 0 Å². The van der Waals surface area contributed by atoms with Crippen LogP contribution in [-0.2, 0) is 19.2 Å². The van der Waals surface area contributed by atoms with Crippen LogP contribution in [0, 0.1) is 16.0 Å². The summed E-state index contributed by atoms with van der Waals surface area (Å²) in [4.78, 5) is 46.4. The molecule has 9 heteroatoms. The number of ketones is 1. The Morgan fingerprint density at radius 2 is 1.94 bits per heavy atom. The van der Waals surface area contributed by atoms with E-state index in [2.05, 4.69) is 4.84 Å². The molecule has 0 rings (SSSR count). The molecule has 0 aliphatic heterocycles. The quantitative estimate of drug-likeness (QED) is 0.306. The monoisotopic (exact) mass is 262 g/mol. The second kappa shape index (κ2) is 7.98. The lowest BCUT2D eigenvalue weighted by molar-refractivity contribution is -0.757. The van der Waals surface area contributed by atoms with Gasteiger partial charge in [0.05, 0.1) is 12.5 Å². The highest BCUT2D eigenvalue weighted by molar-refractivity contribution is 5.87. The number of nitrogens with two attached hydrogens (primary N) is 1. The minimum atomic E-state index is -1.27. The van der Waals surface area contributed by atoms with Crippen LogP contribution in [0.3, 0.4) is 0 Å². The molecule has 0 saturated heterocycles. The van der Waals surface area contributed by atoms with E-state index in [1.54, 1.807) is 0 Å². The number of carbonyl (C=O) groups is 3. The van der Waals surface area contributed by atoms with Crippen LogP contribution in [0.1, 0.15) is 25.7 Å². The normalized spacial score (nSPS) is 11.6. The summed E-state index contributed by atoms with van der Waals surface area (Å²) in [7, 11) is 0. The standard InChI is InChI=1S/C9H14N2O7/c10-8(13)5-6(9(14)15)4-7(12)2-1-3-18-11(16)17/h6H,1-5H2,(H2,10,13)(H,14,15). The molecular weight excluding hydrogens is 248 g/mol. The fourth-order valence-corrected chi connectivity index (χ4v) is 1.27. The first-order valence-corrected chi connectivity index (χ1v) is 5.13. The number of nitrogens with zero attached hydrogens (tertiary/aromatic N) is 1. The molecule has 0 radical (unpaired) electrons. The van der Waals surface area contributed by atoms with Crippen molar-refractivity contribution in [2.45, 2.75) is 25.7 Å². The Labute approximate surface area is 102 Å². The SMILES string of the molecule is NC(=O)CC(CC(=O)CCCO[N+](=O)[O-])C(=O)O. The van der Waals surface area contributed by atoms with Crippen molar-refractivity contribution in [3.05, 3.63) is 10.1 Å². The van der Waals surface area contributed by atoms with Crippen molar-refractivity contribution in [1.29, 1.82) is 0 Å². The fourth-order valence-electron chi connectivity index (χ4n) is 1.27. The minimum absolute atomic E-state index is 0.0453. The Balaban J connectivity index is 3.99. The molecule has 0 aromatic heterocycles. The number of carboxylic acids is 1. The zero-order valence-electron chi connectivity index (χ0n) is 9.53. The van der Waals surface area contributed by atoms with E-state index in [0.717, 1.165) is 0 Å². The highest BCUT2D eigenvalue weighted by Gasteiger charge is 2.22. The Bertz CT molecular complexity index is 342. The zero-order chi connectivity index (χ0) is 14.1. The number of Topliss-reactive ketones (excluding diaryl/α,β-unsaturated/α-hetero) is 1. The van der Waals surface area contributed by atoms with Gasteiger partial charge in [-0.05, 0) is 6.42 Å². The predicted molar refractivity (Wildman–Crippen MR) is 56.7 cm³/mol. The van der Waals surface area contributed by atoms with E-state index in [0.29, 0.717) is 0 Å². The highest BCUT2D eigenvalue weighted by atomic mass is 16.9. The summed E-state index contributed by atoms with van der Waals surface area (Å²) in [5.41, 5.74) is 4.85. The molecule has 0 aliphatic carbocycles. The van der Waals surface area contributed by atoms with E-state index < -0.39 is 35.1 Å². The Kier molecular flexibility index (Phi) is 7.01. The topological polar surface area (TPSA) is 150 Å². The van der Waals surface area contributed by atoms with E-state index in [9.17, 15) is 24.5 Å². The average molecular weight is 262 g/mol. The van der Waals surface area contributed by atoms with Crippen molar-refractivity contribution in [3.8, 4) is 0 Å². The van der Waals surface area contributed by atoms with E-state index in [1.165, 1.54) is 0 Å². The number of primary amides is 1. The fraction of sp³-hybridized carbons (Fsp3) is 0.667. The van der Waals surface area contributed by atoms with Gasteiger partial charge >= 0.3 is 5.97 Å². The van der Waals surface area contributed by atoms with Crippen LogP contribution in [-0.4, -0.2) is 34.5 Å². The molecular formula is C9H14N2O7. The Morgan fingerprint density at radius 3 is 2.39 bits per heavy atom. The Hall–Kier alpha value is -2.19. The van der Waals surface area contributed by atoms with E-state index >= 15 is 0 Å². The van der Waals surface area contributed by atoms with Gasteiger partial charge in [0.1, 0.15) is 5.78 Å². The van der Waals surface area contributed by atoms with Crippen molar-refractivity contribution in [1.82, 2.24) is 0 Å². The maximum Gasteiger partial charge on any atom is 0.307 e. The molecule has 0 spiro atoms. The molecule has 18 heavy (non-hydrogen) atoms. The zero-order valence-corrected chi connectivity index (χ0v) is 9.53. The van der Waals surface area contributed by atoms with Crippen LogP contribution >= 0.6 is 0 Å². The van der Waals surface area contributed by atoms with Gasteiger partial charge in [-0.25, -0.2) is 0 Å². The summed E-state index contributed by atoms with van der Waals surface area (Å²) in [6.45, 7) is -0.230. The molecule has 9 nitrogen and oxygen atoms in total. The van der Waals surface area contributed by atoms with Crippen LogP contribution < -0.4 is 5.73 Å². The molecule has 0 fully saturated rings. The summed E-state index contributed by atoms with van der Waals surface area (Å²) < 4.78 is 0. The van der Waals surface area contributed by atoms with Crippen LogP contribution in [0.15, 0.2) is 0 Å². The molecule has 0 aromatic carbocycles. The van der Waals surface area contributed by atoms with Gasteiger partial charge in [-0.15, -0.1) is 10.1 Å². The molecule has 0 saturated carbocycles. The Morgan fingerprint density at radius 1 is 1.33 bits per heavy atom. The maximum absolute atomic E-state index is 11.3. The highest BCUT2D eigenvalue weighted by Crippen LogP contribution is 2.11. The maximum atomic E-state index is 11.3. The third-order valence-electron chi connectivity index (χ3n) is 2.07. The first-order chi connectivity index (χ1) is 8.32. The third-order valence-corrected chi connectivity index (χ3v) is 2.07. The van der Waals surface area contributed by atoms with Crippen molar-refractivity contribution in [2.24, 2.45) is 11.7 Å². The van der Waals surface area contributed by atoms with Gasteiger partial charge in [-0.2, -0.15) is 0 Å². The summed E-state index contributed by atoms with van der Waals surface area (Å²) in [6.07, 6.45) is -0.664. The number of hydrogen-bond acceptors (Lipinski definition) is 6. The largest absolute Gasteiger partial charge is 0.481 e. The third kappa shape index (κ3) is 8.02. The summed E-state index contributed by atoms with van der Waals surface area (Å²) in [5, 5.41) is 17.6. The van der Waals surface area contributed by atoms with E-state index in [1.807, 2.05) is 0 Å². The number of amides is 1. The number of hydrogen-bond donors (Lipinski definition) is 2. The van der Waals surface area contributed by atoms with Gasteiger partial charge in [0.15, 0.2) is 0 Å². The average Bonchev–Trinajstić information content (AvgIpc) is 2.22. The lowest BCUT2D eigenvalue weighted by atomic mass is 9.97. The summed E-state index contributed by atoms with van der Waals surface area (Å²) >= 11 is 0. The molecule has 1 atom stereocenters. The smallest absolute Gasteiger partial charge is 0.307 e. The first-order valence-electron chi connectivity index (χ1n) is 5.13. The second-order valence-electron chi connectivity index (χ2n) is 3.61. The summed E-state index contributed by atoms with van der Waals surface area (Å²) in [5.74, 6) is -3.63. The second-order valence-corrected chi connectivity index (χ2v) is 3.61. The van der Waals surface area contributed by atoms with Crippen LogP contribution in [0.5, 0.6) is 0 Å². The number of aliphatic carboxylic acids is 1. The van der Waals surface area contributed by atoms with Gasteiger partial charge < -0.3 is 15.7 Å². The van der Waals surface area contributed by atoms with Crippen LogP contribution in [0.4, 0.5) is 0 Å². The number of carboxylic acid groups (broad SMARTS) is 1. The molecule has 1 amide bonds. The molecule has 0 bridgehead atoms. The summed E-state index contributed by atoms with van der Waals surface area (Å²) in [6, 6.07) is 0. The molecule has 1 unspecified atom stereocenters. The van der Waals surface area contributed by atoms with Gasteiger partial charge in [-0.3, -0.25) is 14.4 Å². The van der Waals surface area contributed by atoms with E-state index in [-0.39, 0.29) is 25.9 Å². The van der Waals surface area contributed by atoms with Crippen LogP contribution in [0.25, 0.3) is 0 Å². The molecule has 0 aliphatic rings. The van der Waals surface area contributed by atoms with Crippen molar-refractivity contribution in [3.63, 3.8) is 0 Å². The predicted octanol–water partition coefficient (Wildman–Crippen LogP) is -0.490. The lowest BCUT2D eigenvalue weighted by Gasteiger charge is -2.08. The molecule has 102 valence electrons. The van der Waals surface area contributed by atoms with Crippen molar-refractivity contribution >= 4 is 17.7 Å². The molecule has 3 N–H and O–H groups in total. The van der Waals surface area contributed by atoms with Crippen LogP contribution in [0.2, 0.25) is 0 Å². The number of carbonyl (C=O) groups excluding carboxylic acids is 2. The first kappa shape index (κ1) is 15.8. The molecule has 0 heterocycles. The lowest BCUT2D eigenvalue weighted by Crippen LogP contribution is -2.24.